The number of halogens is 2. The zero-order chi connectivity index (χ0) is 19.6. The van der Waals surface area contributed by atoms with Crippen LogP contribution >= 0.6 is 35.0 Å². The fraction of sp³-hybridized carbons (Fsp3) is 0.550. The molecule has 0 radical (unpaired) electrons. The standard InChI is InChI=1S/C20H25Cl2N3OS/c1-20(2,3)17(26)12-27-19-24-23-18(15-10-9-13(21)11-16(15)22)25(19)14-7-5-4-6-8-14/h9-11,14H,4-8,12H2,1-3H3. The van der Waals surface area contributed by atoms with E-state index in [9.17, 15) is 4.79 Å². The number of Topliss-reactive ketones (excluding diaryl/α,β-unsaturated/α-hetero) is 1. The van der Waals surface area contributed by atoms with Crippen molar-refractivity contribution in [2.45, 2.75) is 64.1 Å². The molecule has 0 unspecified atom stereocenters. The summed E-state index contributed by atoms with van der Waals surface area (Å²) in [5.74, 6) is 1.36. The molecule has 1 saturated carbocycles. The highest BCUT2D eigenvalue weighted by atomic mass is 35.5. The van der Waals surface area contributed by atoms with E-state index in [4.69, 9.17) is 23.2 Å². The van der Waals surface area contributed by atoms with Gasteiger partial charge in [0.25, 0.3) is 0 Å². The molecular weight excluding hydrogens is 401 g/mol. The van der Waals surface area contributed by atoms with E-state index in [2.05, 4.69) is 14.8 Å². The molecule has 1 aliphatic rings. The summed E-state index contributed by atoms with van der Waals surface area (Å²) in [4.78, 5) is 12.4. The van der Waals surface area contributed by atoms with Crippen LogP contribution < -0.4 is 0 Å². The number of carbonyl (C=O) groups is 1. The fourth-order valence-corrected chi connectivity index (χ4v) is 4.90. The van der Waals surface area contributed by atoms with Gasteiger partial charge in [-0.05, 0) is 31.0 Å². The molecule has 0 amide bonds. The second-order valence-corrected chi connectivity index (χ2v) is 9.84. The SMILES string of the molecule is CC(C)(C)C(=O)CSc1nnc(-c2ccc(Cl)cc2Cl)n1C1CCCCC1. The lowest BCUT2D eigenvalue weighted by atomic mass is 9.92. The molecular formula is C20H25Cl2N3OS. The summed E-state index contributed by atoms with van der Waals surface area (Å²) < 4.78 is 2.19. The first-order valence-electron chi connectivity index (χ1n) is 9.34. The van der Waals surface area contributed by atoms with E-state index in [0.29, 0.717) is 21.8 Å². The maximum atomic E-state index is 12.4. The number of thioether (sulfide) groups is 1. The minimum absolute atomic E-state index is 0.205. The molecule has 0 saturated heterocycles. The molecule has 1 aromatic heterocycles. The molecule has 0 bridgehead atoms. The summed E-state index contributed by atoms with van der Waals surface area (Å²) in [6.07, 6.45) is 5.85. The average molecular weight is 426 g/mol. The van der Waals surface area contributed by atoms with Gasteiger partial charge in [0, 0.05) is 22.0 Å². The summed E-state index contributed by atoms with van der Waals surface area (Å²) in [6.45, 7) is 5.84. The van der Waals surface area contributed by atoms with Gasteiger partial charge in [0.1, 0.15) is 5.78 Å². The van der Waals surface area contributed by atoms with Gasteiger partial charge in [-0.2, -0.15) is 0 Å². The number of hydrogen-bond acceptors (Lipinski definition) is 4. The van der Waals surface area contributed by atoms with Gasteiger partial charge in [-0.25, -0.2) is 0 Å². The van der Waals surface area contributed by atoms with Crippen LogP contribution in [0.1, 0.15) is 58.9 Å². The third-order valence-corrected chi connectivity index (χ3v) is 6.44. The minimum Gasteiger partial charge on any atom is -0.299 e. The highest BCUT2D eigenvalue weighted by molar-refractivity contribution is 7.99. The predicted molar refractivity (Wildman–Crippen MR) is 113 cm³/mol. The zero-order valence-corrected chi connectivity index (χ0v) is 18.3. The molecule has 146 valence electrons. The molecule has 7 heteroatoms. The predicted octanol–water partition coefficient (Wildman–Crippen LogP) is 6.46. The Kier molecular flexibility index (Phi) is 6.54. The minimum atomic E-state index is -0.356. The molecule has 0 spiro atoms. The second-order valence-electron chi connectivity index (χ2n) is 8.05. The number of carbonyl (C=O) groups excluding carboxylic acids is 1. The number of nitrogens with zero attached hydrogens (tertiary/aromatic N) is 3. The van der Waals surface area contributed by atoms with E-state index >= 15 is 0 Å². The molecule has 3 rings (SSSR count). The number of benzene rings is 1. The van der Waals surface area contributed by atoms with Crippen LogP contribution in [-0.2, 0) is 4.79 Å². The van der Waals surface area contributed by atoms with Crippen LogP contribution in [0.4, 0.5) is 0 Å². The van der Waals surface area contributed by atoms with Crippen LogP contribution in [0.15, 0.2) is 23.4 Å². The molecule has 0 atom stereocenters. The maximum Gasteiger partial charge on any atom is 0.192 e. The zero-order valence-electron chi connectivity index (χ0n) is 16.0. The van der Waals surface area contributed by atoms with Crippen LogP contribution in [0.5, 0.6) is 0 Å². The van der Waals surface area contributed by atoms with Crippen molar-refractivity contribution in [1.29, 1.82) is 0 Å². The molecule has 0 aliphatic heterocycles. The van der Waals surface area contributed by atoms with Gasteiger partial charge in [0.2, 0.25) is 0 Å². The smallest absolute Gasteiger partial charge is 0.192 e. The third-order valence-electron chi connectivity index (χ3n) is 4.95. The van der Waals surface area contributed by atoms with Crippen LogP contribution in [0.25, 0.3) is 11.4 Å². The van der Waals surface area contributed by atoms with Crippen molar-refractivity contribution < 1.29 is 4.79 Å². The van der Waals surface area contributed by atoms with Crippen LogP contribution in [0, 0.1) is 5.41 Å². The van der Waals surface area contributed by atoms with E-state index in [0.717, 1.165) is 29.4 Å². The maximum absolute atomic E-state index is 12.4. The molecule has 1 heterocycles. The van der Waals surface area contributed by atoms with E-state index in [1.165, 1.54) is 31.0 Å². The lowest BCUT2D eigenvalue weighted by Gasteiger charge is -2.26. The van der Waals surface area contributed by atoms with Crippen LogP contribution in [0.2, 0.25) is 10.0 Å². The Morgan fingerprint density at radius 1 is 1.19 bits per heavy atom. The van der Waals surface area contributed by atoms with E-state index in [1.807, 2.05) is 32.9 Å². The van der Waals surface area contributed by atoms with Gasteiger partial charge in [-0.15, -0.1) is 10.2 Å². The number of rotatable bonds is 5. The Balaban J connectivity index is 1.96. The van der Waals surface area contributed by atoms with Crippen molar-refractivity contribution in [3.8, 4) is 11.4 Å². The first-order chi connectivity index (χ1) is 12.8. The van der Waals surface area contributed by atoms with Crippen molar-refractivity contribution in [2.75, 3.05) is 5.75 Å². The van der Waals surface area contributed by atoms with Crippen molar-refractivity contribution >= 4 is 40.7 Å². The third kappa shape index (κ3) is 4.87. The molecule has 1 aromatic carbocycles. The first-order valence-corrected chi connectivity index (χ1v) is 11.1. The van der Waals surface area contributed by atoms with E-state index < -0.39 is 0 Å². The van der Waals surface area contributed by atoms with Crippen molar-refractivity contribution in [2.24, 2.45) is 5.41 Å². The molecule has 4 nitrogen and oxygen atoms in total. The summed E-state index contributed by atoms with van der Waals surface area (Å²) in [6, 6.07) is 5.78. The Morgan fingerprint density at radius 2 is 1.89 bits per heavy atom. The van der Waals surface area contributed by atoms with Gasteiger partial charge in [0.15, 0.2) is 11.0 Å². The van der Waals surface area contributed by atoms with Crippen LogP contribution in [-0.4, -0.2) is 26.3 Å². The van der Waals surface area contributed by atoms with Crippen LogP contribution in [0.3, 0.4) is 0 Å². The first kappa shape index (κ1) is 20.7. The summed E-state index contributed by atoms with van der Waals surface area (Å²) in [7, 11) is 0. The lowest BCUT2D eigenvalue weighted by Crippen LogP contribution is -2.22. The summed E-state index contributed by atoms with van der Waals surface area (Å²) >= 11 is 14.0. The lowest BCUT2D eigenvalue weighted by molar-refractivity contribution is -0.123. The summed E-state index contributed by atoms with van der Waals surface area (Å²) in [5.41, 5.74) is 0.471. The van der Waals surface area contributed by atoms with Crippen molar-refractivity contribution in [1.82, 2.24) is 14.8 Å². The fourth-order valence-electron chi connectivity index (χ4n) is 3.24. The molecule has 1 fully saturated rings. The molecule has 0 N–H and O–H groups in total. The highest BCUT2D eigenvalue weighted by Gasteiger charge is 2.27. The van der Waals surface area contributed by atoms with E-state index in [1.54, 1.807) is 6.07 Å². The molecule has 2 aromatic rings. The van der Waals surface area contributed by atoms with Gasteiger partial charge in [-0.3, -0.25) is 9.36 Å². The average Bonchev–Trinajstić information content (AvgIpc) is 3.03. The number of ketones is 1. The monoisotopic (exact) mass is 425 g/mol. The quantitative estimate of drug-likeness (QED) is 0.515. The Bertz CT molecular complexity index is 823. The van der Waals surface area contributed by atoms with Gasteiger partial charge in [0.05, 0.1) is 10.8 Å². The van der Waals surface area contributed by atoms with Crippen molar-refractivity contribution in [3.63, 3.8) is 0 Å². The highest BCUT2D eigenvalue weighted by Crippen LogP contribution is 2.38. The number of hydrogen-bond donors (Lipinski definition) is 0. The largest absolute Gasteiger partial charge is 0.299 e. The topological polar surface area (TPSA) is 47.8 Å². The molecule has 27 heavy (non-hydrogen) atoms. The summed E-state index contributed by atoms with van der Waals surface area (Å²) in [5, 5.41) is 10.8. The Labute approximate surface area is 175 Å². The van der Waals surface area contributed by atoms with Gasteiger partial charge in [-0.1, -0.05) is 75.0 Å². The normalized spacial score (nSPS) is 15.9. The Hall–Kier alpha value is -1.04. The Morgan fingerprint density at radius 3 is 2.52 bits per heavy atom. The number of aromatic nitrogens is 3. The molecule has 1 aliphatic carbocycles. The second kappa shape index (κ2) is 8.54. The van der Waals surface area contributed by atoms with Crippen molar-refractivity contribution in [3.05, 3.63) is 28.2 Å². The van der Waals surface area contributed by atoms with Gasteiger partial charge >= 0.3 is 0 Å². The van der Waals surface area contributed by atoms with Gasteiger partial charge < -0.3 is 0 Å². The van der Waals surface area contributed by atoms with E-state index in [-0.39, 0.29) is 11.2 Å².